The molecule has 2 rings (SSSR count). The van der Waals surface area contributed by atoms with Gasteiger partial charge in [0.15, 0.2) is 0 Å². The van der Waals surface area contributed by atoms with Crippen LogP contribution in [0.25, 0.3) is 6.08 Å². The van der Waals surface area contributed by atoms with Crippen LogP contribution >= 0.6 is 0 Å². The van der Waals surface area contributed by atoms with Crippen LogP contribution < -0.4 is 0 Å². The van der Waals surface area contributed by atoms with Crippen molar-refractivity contribution in [2.75, 3.05) is 6.61 Å². The van der Waals surface area contributed by atoms with Crippen molar-refractivity contribution in [3.63, 3.8) is 0 Å². The number of alkyl halides is 6. The van der Waals surface area contributed by atoms with Gasteiger partial charge in [0, 0.05) is 0 Å². The Hall–Kier alpha value is -2.01. The maximum atomic E-state index is 12.7. The zero-order valence-electron chi connectivity index (χ0n) is 10.2. The SMILES string of the molecule is N#Cc1ccc(C=CC2(C(F)(F)F)CO2)cc1C(F)(F)F. The highest BCUT2D eigenvalue weighted by molar-refractivity contribution is 5.56. The molecule has 1 atom stereocenters. The largest absolute Gasteiger partial charge is 0.423 e. The molecule has 2 nitrogen and oxygen atoms in total. The second-order valence-corrected chi connectivity index (χ2v) is 4.42. The lowest BCUT2D eigenvalue weighted by molar-refractivity contribution is -0.169. The fourth-order valence-corrected chi connectivity index (χ4v) is 1.66. The molecule has 0 spiro atoms. The lowest BCUT2D eigenvalue weighted by atomic mass is 10.0. The van der Waals surface area contributed by atoms with E-state index in [1.807, 2.05) is 0 Å². The van der Waals surface area contributed by atoms with Gasteiger partial charge in [0.05, 0.1) is 23.8 Å². The van der Waals surface area contributed by atoms with E-state index in [1.54, 1.807) is 0 Å². The average molecular weight is 307 g/mol. The number of halogens is 6. The van der Waals surface area contributed by atoms with Crippen molar-refractivity contribution in [3.05, 3.63) is 41.0 Å². The molecule has 1 aliphatic rings. The standard InChI is InChI=1S/C13H7F6NO/c14-12(15,16)10-5-8(1-2-9(10)6-20)3-4-11(7-21-11)13(17,18)19/h1-5H,7H2. The van der Waals surface area contributed by atoms with Gasteiger partial charge in [-0.2, -0.15) is 31.6 Å². The zero-order chi connectivity index (χ0) is 15.9. The lowest BCUT2D eigenvalue weighted by Crippen LogP contribution is -2.30. The van der Waals surface area contributed by atoms with Crippen LogP contribution in [0.3, 0.4) is 0 Å². The van der Waals surface area contributed by atoms with E-state index in [1.165, 1.54) is 6.07 Å². The van der Waals surface area contributed by atoms with E-state index in [4.69, 9.17) is 5.26 Å². The zero-order valence-corrected chi connectivity index (χ0v) is 10.2. The van der Waals surface area contributed by atoms with Gasteiger partial charge in [-0.25, -0.2) is 0 Å². The fourth-order valence-electron chi connectivity index (χ4n) is 1.66. The Morgan fingerprint density at radius 1 is 1.19 bits per heavy atom. The third-order valence-corrected chi connectivity index (χ3v) is 2.95. The molecule has 0 bridgehead atoms. The maximum Gasteiger partial charge on any atom is 0.423 e. The smallest absolute Gasteiger partial charge is 0.356 e. The van der Waals surface area contributed by atoms with Crippen LogP contribution in [0.2, 0.25) is 0 Å². The molecule has 0 saturated carbocycles. The van der Waals surface area contributed by atoms with E-state index >= 15 is 0 Å². The Bertz CT molecular complexity index is 619. The van der Waals surface area contributed by atoms with E-state index in [0.717, 1.165) is 18.2 Å². The van der Waals surface area contributed by atoms with Gasteiger partial charge in [-0.15, -0.1) is 0 Å². The fraction of sp³-hybridized carbons (Fsp3) is 0.308. The molecule has 0 aromatic heterocycles. The second kappa shape index (κ2) is 4.77. The number of epoxide rings is 1. The van der Waals surface area contributed by atoms with Crippen molar-refractivity contribution in [1.29, 1.82) is 5.26 Å². The molecule has 21 heavy (non-hydrogen) atoms. The van der Waals surface area contributed by atoms with Gasteiger partial charge in [-0.05, 0) is 23.8 Å². The summed E-state index contributed by atoms with van der Waals surface area (Å²) in [4.78, 5) is 0. The van der Waals surface area contributed by atoms with Crippen molar-refractivity contribution < 1.29 is 31.1 Å². The van der Waals surface area contributed by atoms with Crippen LogP contribution in [-0.2, 0) is 10.9 Å². The Kier molecular flexibility index (Phi) is 3.49. The number of hydrogen-bond donors (Lipinski definition) is 0. The van der Waals surface area contributed by atoms with Crippen LogP contribution in [0.15, 0.2) is 24.3 Å². The van der Waals surface area contributed by atoms with Crippen molar-refractivity contribution in [2.24, 2.45) is 0 Å². The quantitative estimate of drug-likeness (QED) is 0.613. The Labute approximate surface area is 115 Å². The molecule has 0 aliphatic carbocycles. The van der Waals surface area contributed by atoms with Crippen LogP contribution in [0.4, 0.5) is 26.3 Å². The first-order valence-electron chi connectivity index (χ1n) is 5.60. The minimum atomic E-state index is -4.76. The van der Waals surface area contributed by atoms with Gasteiger partial charge in [-0.1, -0.05) is 12.1 Å². The van der Waals surface area contributed by atoms with Gasteiger partial charge in [0.2, 0.25) is 5.60 Å². The van der Waals surface area contributed by atoms with Crippen LogP contribution in [0.1, 0.15) is 16.7 Å². The summed E-state index contributed by atoms with van der Waals surface area (Å²) in [6.07, 6.45) is -7.80. The maximum absolute atomic E-state index is 12.7. The number of nitriles is 1. The van der Waals surface area contributed by atoms with Crippen molar-refractivity contribution in [3.8, 4) is 6.07 Å². The number of benzene rings is 1. The topological polar surface area (TPSA) is 36.3 Å². The van der Waals surface area contributed by atoms with Crippen molar-refractivity contribution in [2.45, 2.75) is 18.0 Å². The average Bonchev–Trinajstić information content (AvgIpc) is 3.15. The third kappa shape index (κ3) is 3.03. The number of nitrogens with zero attached hydrogens (tertiary/aromatic N) is 1. The van der Waals surface area contributed by atoms with Gasteiger partial charge >= 0.3 is 12.4 Å². The lowest BCUT2D eigenvalue weighted by Gasteiger charge is -2.12. The van der Waals surface area contributed by atoms with Crippen molar-refractivity contribution in [1.82, 2.24) is 0 Å². The molecule has 1 aromatic carbocycles. The van der Waals surface area contributed by atoms with Gasteiger partial charge in [0.25, 0.3) is 0 Å². The summed E-state index contributed by atoms with van der Waals surface area (Å²) in [5.74, 6) is 0. The molecular weight excluding hydrogens is 300 g/mol. The molecule has 0 radical (unpaired) electrons. The Morgan fingerprint density at radius 3 is 2.24 bits per heavy atom. The molecule has 112 valence electrons. The first-order chi connectivity index (χ1) is 9.59. The summed E-state index contributed by atoms with van der Waals surface area (Å²) in [7, 11) is 0. The first-order valence-corrected chi connectivity index (χ1v) is 5.60. The highest BCUT2D eigenvalue weighted by atomic mass is 19.4. The number of rotatable bonds is 2. The third-order valence-electron chi connectivity index (χ3n) is 2.95. The van der Waals surface area contributed by atoms with Crippen LogP contribution in [0.5, 0.6) is 0 Å². The molecule has 1 heterocycles. The highest BCUT2D eigenvalue weighted by Crippen LogP contribution is 2.45. The predicted octanol–water partition coefficient (Wildman–Crippen LogP) is 3.92. The molecule has 1 saturated heterocycles. The van der Waals surface area contributed by atoms with Crippen molar-refractivity contribution >= 4 is 6.08 Å². The Balaban J connectivity index is 2.33. The summed E-state index contributed by atoms with van der Waals surface area (Å²) in [5.41, 5.74) is -4.29. The molecule has 0 amide bonds. The minimum absolute atomic E-state index is 0.0968. The van der Waals surface area contributed by atoms with Gasteiger partial charge in [0.1, 0.15) is 0 Å². The van der Waals surface area contributed by atoms with E-state index in [2.05, 4.69) is 4.74 Å². The van der Waals surface area contributed by atoms with E-state index < -0.39 is 35.7 Å². The normalized spacial score (nSPS) is 22.3. The van der Waals surface area contributed by atoms with Gasteiger partial charge in [-0.3, -0.25) is 0 Å². The Morgan fingerprint density at radius 2 is 1.81 bits per heavy atom. The molecule has 1 unspecified atom stereocenters. The number of ether oxygens (including phenoxy) is 1. The summed E-state index contributed by atoms with van der Waals surface area (Å²) < 4.78 is 80.2. The van der Waals surface area contributed by atoms with E-state index in [9.17, 15) is 26.3 Å². The monoisotopic (exact) mass is 307 g/mol. The van der Waals surface area contributed by atoms with E-state index in [0.29, 0.717) is 12.1 Å². The number of hydrogen-bond acceptors (Lipinski definition) is 2. The first kappa shape index (κ1) is 15.4. The molecule has 1 aliphatic heterocycles. The molecule has 8 heteroatoms. The summed E-state index contributed by atoms with van der Waals surface area (Å²) in [6.45, 7) is -0.560. The molecule has 0 N–H and O–H groups in total. The molecule has 1 aromatic rings. The minimum Gasteiger partial charge on any atom is -0.356 e. The molecule has 1 fully saturated rings. The second-order valence-electron chi connectivity index (χ2n) is 4.42. The van der Waals surface area contributed by atoms with Crippen LogP contribution in [0, 0.1) is 11.3 Å². The molecular formula is C13H7F6NO. The summed E-state index contributed by atoms with van der Waals surface area (Å²) >= 11 is 0. The van der Waals surface area contributed by atoms with Crippen LogP contribution in [-0.4, -0.2) is 18.4 Å². The van der Waals surface area contributed by atoms with Gasteiger partial charge < -0.3 is 4.74 Å². The summed E-state index contributed by atoms with van der Waals surface area (Å²) in [5, 5.41) is 8.61. The summed E-state index contributed by atoms with van der Waals surface area (Å²) in [6, 6.07) is 4.06. The predicted molar refractivity (Wildman–Crippen MR) is 59.9 cm³/mol. The highest BCUT2D eigenvalue weighted by Gasteiger charge is 2.64. The van der Waals surface area contributed by atoms with E-state index in [-0.39, 0.29) is 5.56 Å².